The first-order valence-electron chi connectivity index (χ1n) is 13.3. The van der Waals surface area contributed by atoms with E-state index in [-0.39, 0.29) is 13.0 Å². The van der Waals surface area contributed by atoms with Crippen molar-refractivity contribution in [2.45, 2.75) is 37.4 Å². The van der Waals surface area contributed by atoms with Crippen molar-refractivity contribution < 1.29 is 28.0 Å². The Morgan fingerprint density at radius 1 is 0.905 bits per heavy atom. The molecule has 10 nitrogen and oxygen atoms in total. The first-order chi connectivity index (χ1) is 20.4. The third-order valence-electron chi connectivity index (χ3n) is 7.45. The molecule has 3 atom stereocenters. The molecule has 1 aromatic heterocycles. The summed E-state index contributed by atoms with van der Waals surface area (Å²) in [6.45, 7) is 1.62. The topological polar surface area (TPSA) is 118 Å². The van der Waals surface area contributed by atoms with Crippen LogP contribution >= 0.6 is 8.69 Å². The number of H-pyrrole nitrogens is 1. The standard InChI is InChI=1S/C31H31N2O8P/c1-20-18-33(30(35)32-29(20)34)28-17-26(41-42-36)27(40-28)19-39-31(21-7-5-4-6-8-21,22-9-13-24(37-2)14-10-22)23-11-15-25(38-3)16-12-23/h4-16,18,26-28H,17,19H2,1-3H3,(H,32,34,35). The second-order valence-corrected chi connectivity index (χ2v) is 10.2. The van der Waals surface area contributed by atoms with Crippen LogP contribution in [-0.2, 0) is 24.2 Å². The highest BCUT2D eigenvalue weighted by molar-refractivity contribution is 7.17. The van der Waals surface area contributed by atoms with Crippen molar-refractivity contribution in [3.63, 3.8) is 0 Å². The third-order valence-corrected chi connectivity index (χ3v) is 7.81. The van der Waals surface area contributed by atoms with Gasteiger partial charge in [-0.05, 0) is 47.9 Å². The zero-order chi connectivity index (χ0) is 29.7. The predicted octanol–water partition coefficient (Wildman–Crippen LogP) is 4.75. The van der Waals surface area contributed by atoms with Gasteiger partial charge in [-0.3, -0.25) is 18.9 Å². The maximum Gasteiger partial charge on any atom is 0.330 e. The summed E-state index contributed by atoms with van der Waals surface area (Å²) < 4.78 is 42.4. The Morgan fingerprint density at radius 3 is 2.02 bits per heavy atom. The number of hydrogen-bond donors (Lipinski definition) is 1. The van der Waals surface area contributed by atoms with E-state index in [1.807, 2.05) is 78.9 Å². The highest BCUT2D eigenvalue weighted by Gasteiger charge is 2.43. The molecule has 2 heterocycles. The number of aromatic nitrogens is 2. The van der Waals surface area contributed by atoms with Crippen LogP contribution in [0.5, 0.6) is 11.5 Å². The van der Waals surface area contributed by atoms with Crippen LogP contribution in [0.4, 0.5) is 0 Å². The molecule has 1 N–H and O–H groups in total. The van der Waals surface area contributed by atoms with Gasteiger partial charge in [-0.1, -0.05) is 54.6 Å². The SMILES string of the molecule is COc1ccc(C(OCC2OC(n3cc(C)c(=O)[nH]c3=O)CC2OP=O)(c2ccccc2)c2ccc(OC)cc2)cc1. The summed E-state index contributed by atoms with van der Waals surface area (Å²) >= 11 is 0. The molecular weight excluding hydrogens is 559 g/mol. The molecule has 0 radical (unpaired) electrons. The van der Waals surface area contributed by atoms with E-state index in [1.54, 1.807) is 21.1 Å². The first-order valence-corrected chi connectivity index (χ1v) is 14.1. The molecule has 11 heteroatoms. The van der Waals surface area contributed by atoms with Crippen LogP contribution in [0.3, 0.4) is 0 Å². The van der Waals surface area contributed by atoms with Gasteiger partial charge in [-0.2, -0.15) is 0 Å². The maximum absolute atomic E-state index is 12.6. The van der Waals surface area contributed by atoms with Gasteiger partial charge in [0.15, 0.2) is 0 Å². The van der Waals surface area contributed by atoms with E-state index in [0.29, 0.717) is 17.1 Å². The first kappa shape index (κ1) is 29.4. The van der Waals surface area contributed by atoms with E-state index in [1.165, 1.54) is 10.8 Å². The molecule has 0 amide bonds. The summed E-state index contributed by atoms with van der Waals surface area (Å²) in [5.74, 6) is 1.39. The highest BCUT2D eigenvalue weighted by atomic mass is 31.1. The predicted molar refractivity (Wildman–Crippen MR) is 155 cm³/mol. The fraction of sp³-hybridized carbons (Fsp3) is 0.290. The lowest BCUT2D eigenvalue weighted by molar-refractivity contribution is -0.0907. The van der Waals surface area contributed by atoms with Gasteiger partial charge < -0.3 is 18.9 Å². The molecule has 218 valence electrons. The van der Waals surface area contributed by atoms with Crippen molar-refractivity contribution in [2.24, 2.45) is 0 Å². The Morgan fingerprint density at radius 2 is 1.48 bits per heavy atom. The molecule has 1 saturated heterocycles. The molecule has 0 bridgehead atoms. The second-order valence-electron chi connectivity index (χ2n) is 9.88. The lowest BCUT2D eigenvalue weighted by Crippen LogP contribution is -2.38. The van der Waals surface area contributed by atoms with Crippen LogP contribution in [-0.4, -0.2) is 42.6 Å². The molecular formula is C31H31N2O8P. The minimum Gasteiger partial charge on any atom is -0.497 e. The van der Waals surface area contributed by atoms with Crippen LogP contribution in [0, 0.1) is 6.92 Å². The van der Waals surface area contributed by atoms with Gasteiger partial charge >= 0.3 is 14.4 Å². The number of aryl methyl sites for hydroxylation is 1. The van der Waals surface area contributed by atoms with Crippen LogP contribution in [0.2, 0.25) is 0 Å². The van der Waals surface area contributed by atoms with Gasteiger partial charge in [0.25, 0.3) is 5.56 Å². The number of ether oxygens (including phenoxy) is 4. The Balaban J connectivity index is 1.57. The Bertz CT molecular complexity index is 1570. The van der Waals surface area contributed by atoms with Crippen LogP contribution in [0.25, 0.3) is 0 Å². The van der Waals surface area contributed by atoms with Gasteiger partial charge in [0, 0.05) is 18.2 Å². The molecule has 3 unspecified atom stereocenters. The van der Waals surface area contributed by atoms with Crippen molar-refractivity contribution >= 4 is 8.69 Å². The Hall–Kier alpha value is -4.08. The molecule has 0 saturated carbocycles. The van der Waals surface area contributed by atoms with E-state index < -0.39 is 44.0 Å². The summed E-state index contributed by atoms with van der Waals surface area (Å²) in [6, 6.07) is 25.0. The van der Waals surface area contributed by atoms with Gasteiger partial charge in [-0.25, -0.2) is 9.36 Å². The number of benzene rings is 3. The average molecular weight is 591 g/mol. The van der Waals surface area contributed by atoms with Crippen LogP contribution in [0.15, 0.2) is 94.6 Å². The summed E-state index contributed by atoms with van der Waals surface area (Å²) in [6.07, 6.45) is -0.451. The summed E-state index contributed by atoms with van der Waals surface area (Å²) in [7, 11) is 2.69. The smallest absolute Gasteiger partial charge is 0.330 e. The zero-order valence-corrected chi connectivity index (χ0v) is 24.3. The van der Waals surface area contributed by atoms with Gasteiger partial charge in [0.05, 0.1) is 20.8 Å². The fourth-order valence-electron chi connectivity index (χ4n) is 5.27. The van der Waals surface area contributed by atoms with E-state index in [2.05, 4.69) is 4.98 Å². The van der Waals surface area contributed by atoms with Gasteiger partial charge in [-0.15, -0.1) is 0 Å². The highest BCUT2D eigenvalue weighted by Crippen LogP contribution is 2.43. The molecule has 4 aromatic rings. The molecule has 42 heavy (non-hydrogen) atoms. The second kappa shape index (κ2) is 12.8. The Kier molecular flexibility index (Phi) is 8.99. The largest absolute Gasteiger partial charge is 0.497 e. The number of nitrogens with zero attached hydrogens (tertiary/aromatic N) is 1. The molecule has 0 aliphatic carbocycles. The number of methoxy groups -OCH3 is 2. The van der Waals surface area contributed by atoms with Crippen LogP contribution < -0.4 is 20.7 Å². The van der Waals surface area contributed by atoms with Crippen LogP contribution in [0.1, 0.15) is 34.9 Å². The molecule has 5 rings (SSSR count). The molecule has 1 fully saturated rings. The maximum atomic E-state index is 12.6. The quantitative estimate of drug-likeness (QED) is 0.197. The fourth-order valence-corrected chi connectivity index (χ4v) is 5.60. The van der Waals surface area contributed by atoms with Crippen molar-refractivity contribution in [3.05, 3.63) is 128 Å². The minimum absolute atomic E-state index is 0.0146. The van der Waals surface area contributed by atoms with Crippen molar-refractivity contribution in [1.82, 2.24) is 9.55 Å². The molecule has 0 spiro atoms. The normalized spacial score (nSPS) is 18.7. The number of rotatable bonds is 11. The van der Waals surface area contributed by atoms with Crippen molar-refractivity contribution in [3.8, 4) is 11.5 Å². The van der Waals surface area contributed by atoms with E-state index in [9.17, 15) is 14.2 Å². The van der Waals surface area contributed by atoms with Crippen molar-refractivity contribution in [2.75, 3.05) is 20.8 Å². The lowest BCUT2D eigenvalue weighted by Gasteiger charge is -2.37. The van der Waals surface area contributed by atoms with Crippen molar-refractivity contribution in [1.29, 1.82) is 0 Å². The molecule has 1 aliphatic rings. The number of nitrogens with one attached hydrogen (secondary N) is 1. The minimum atomic E-state index is -1.10. The van der Waals surface area contributed by atoms with Gasteiger partial charge in [0.1, 0.15) is 35.5 Å². The third kappa shape index (κ3) is 5.80. The Labute approximate surface area is 244 Å². The monoisotopic (exact) mass is 590 g/mol. The van der Waals surface area contributed by atoms with E-state index in [0.717, 1.165) is 16.7 Å². The van der Waals surface area contributed by atoms with E-state index in [4.69, 9.17) is 23.5 Å². The zero-order valence-electron chi connectivity index (χ0n) is 23.4. The summed E-state index contributed by atoms with van der Waals surface area (Å²) in [4.78, 5) is 26.8. The average Bonchev–Trinajstić information content (AvgIpc) is 3.42. The lowest BCUT2D eigenvalue weighted by atomic mass is 9.80. The van der Waals surface area contributed by atoms with Gasteiger partial charge in [0.2, 0.25) is 0 Å². The number of hydrogen-bond acceptors (Lipinski definition) is 8. The summed E-state index contributed by atoms with van der Waals surface area (Å²) in [5.41, 5.74) is 0.715. The number of aromatic amines is 1. The van der Waals surface area contributed by atoms with E-state index >= 15 is 0 Å². The summed E-state index contributed by atoms with van der Waals surface area (Å²) in [5, 5.41) is 0. The molecule has 3 aromatic carbocycles. The molecule has 1 aliphatic heterocycles.